The maximum absolute atomic E-state index is 5.42. The molecule has 134 valence electrons. The smallest absolute Gasteiger partial charge is 0.248 e. The van der Waals surface area contributed by atoms with Crippen molar-refractivity contribution < 1.29 is 0 Å². The van der Waals surface area contributed by atoms with Crippen molar-refractivity contribution in [1.82, 2.24) is 14.8 Å². The number of aromatic nitrogens is 3. The van der Waals surface area contributed by atoms with E-state index in [0.29, 0.717) is 17.6 Å². The van der Waals surface area contributed by atoms with E-state index in [1.165, 1.54) is 11.1 Å². The van der Waals surface area contributed by atoms with Crippen LogP contribution in [-0.4, -0.2) is 19.9 Å². The zero-order valence-corrected chi connectivity index (χ0v) is 15.7. The van der Waals surface area contributed by atoms with Gasteiger partial charge in [0, 0.05) is 11.1 Å². The first kappa shape index (κ1) is 17.2. The Bertz CT molecular complexity index is 1080. The molecule has 0 aliphatic heterocycles. The lowest BCUT2D eigenvalue weighted by Gasteiger charge is -2.10. The van der Waals surface area contributed by atoms with Gasteiger partial charge in [-0.2, -0.15) is 0 Å². The maximum Gasteiger partial charge on any atom is 0.248 e. The van der Waals surface area contributed by atoms with Crippen molar-refractivity contribution in [2.24, 2.45) is 0 Å². The van der Waals surface area contributed by atoms with Gasteiger partial charge in [-0.05, 0) is 36.2 Å². The molecular weight excluding hydrogens is 354 g/mol. The Kier molecular flexibility index (Phi) is 4.80. The summed E-state index contributed by atoms with van der Waals surface area (Å²) in [5, 5.41) is 13.4. The highest BCUT2D eigenvalue weighted by Crippen LogP contribution is 2.23. The Morgan fingerprint density at radius 1 is 0.963 bits per heavy atom. The van der Waals surface area contributed by atoms with Crippen molar-refractivity contribution in [3.63, 3.8) is 0 Å². The molecule has 0 fully saturated rings. The molecule has 0 saturated carbocycles. The summed E-state index contributed by atoms with van der Waals surface area (Å²) in [5.41, 5.74) is 3.36. The highest BCUT2D eigenvalue weighted by molar-refractivity contribution is 7.80. The van der Waals surface area contributed by atoms with E-state index in [1.807, 2.05) is 24.3 Å². The van der Waals surface area contributed by atoms with Crippen LogP contribution < -0.4 is 10.6 Å². The lowest BCUT2D eigenvalue weighted by Crippen LogP contribution is -2.20. The number of anilines is 2. The molecule has 2 N–H and O–H groups in total. The molecule has 1 aromatic heterocycles. The highest BCUT2D eigenvalue weighted by atomic mass is 32.1. The minimum atomic E-state index is 0.458. The number of benzene rings is 3. The first-order valence-corrected chi connectivity index (χ1v) is 9.09. The summed E-state index contributed by atoms with van der Waals surface area (Å²) in [6.45, 7) is 2.74. The SMILES string of the molecule is Cc1ccc(Cn2cnc(NC(=S)Nc3cccc4ccccc34)n2)cc1. The third kappa shape index (κ3) is 4.12. The number of fused-ring (bicyclic) bond motifs is 1. The number of nitrogens with one attached hydrogen (secondary N) is 2. The van der Waals surface area contributed by atoms with E-state index in [9.17, 15) is 0 Å². The van der Waals surface area contributed by atoms with Crippen LogP contribution in [0.25, 0.3) is 10.8 Å². The lowest BCUT2D eigenvalue weighted by atomic mass is 10.1. The van der Waals surface area contributed by atoms with E-state index in [0.717, 1.165) is 16.5 Å². The summed E-state index contributed by atoms with van der Waals surface area (Å²) < 4.78 is 1.79. The van der Waals surface area contributed by atoms with Crippen molar-refractivity contribution in [2.45, 2.75) is 13.5 Å². The Morgan fingerprint density at radius 2 is 1.74 bits per heavy atom. The molecule has 0 amide bonds. The van der Waals surface area contributed by atoms with E-state index >= 15 is 0 Å². The van der Waals surface area contributed by atoms with Crippen molar-refractivity contribution in [3.05, 3.63) is 84.2 Å². The van der Waals surface area contributed by atoms with Gasteiger partial charge in [-0.15, -0.1) is 5.10 Å². The predicted molar refractivity (Wildman–Crippen MR) is 114 cm³/mol. The second kappa shape index (κ2) is 7.55. The van der Waals surface area contributed by atoms with Crippen molar-refractivity contribution in [2.75, 3.05) is 10.6 Å². The van der Waals surface area contributed by atoms with Crippen molar-refractivity contribution in [3.8, 4) is 0 Å². The Labute approximate surface area is 163 Å². The van der Waals surface area contributed by atoms with Gasteiger partial charge >= 0.3 is 0 Å². The molecule has 5 nitrogen and oxygen atoms in total. The molecule has 0 atom stereocenters. The molecule has 0 aliphatic carbocycles. The number of thiocarbonyl (C=S) groups is 1. The van der Waals surface area contributed by atoms with E-state index in [2.05, 4.69) is 70.1 Å². The number of hydrogen-bond donors (Lipinski definition) is 2. The minimum absolute atomic E-state index is 0.458. The van der Waals surface area contributed by atoms with Crippen LogP contribution in [0, 0.1) is 6.92 Å². The number of aryl methyl sites for hydroxylation is 1. The van der Waals surface area contributed by atoms with Gasteiger partial charge in [0.15, 0.2) is 5.11 Å². The molecule has 3 aromatic carbocycles. The normalized spacial score (nSPS) is 10.7. The van der Waals surface area contributed by atoms with Crippen LogP contribution in [-0.2, 0) is 6.54 Å². The van der Waals surface area contributed by atoms with Gasteiger partial charge in [0.25, 0.3) is 0 Å². The second-order valence-corrected chi connectivity index (χ2v) is 6.77. The van der Waals surface area contributed by atoms with Gasteiger partial charge in [-0.3, -0.25) is 5.32 Å². The van der Waals surface area contributed by atoms with Crippen LogP contribution in [0.5, 0.6) is 0 Å². The molecular formula is C21H19N5S. The standard InChI is InChI=1S/C21H19N5S/c1-15-9-11-16(12-10-15)13-26-14-22-20(25-26)24-21(27)23-19-8-4-6-17-5-2-3-7-18(17)19/h2-12,14H,13H2,1H3,(H2,23,24,25,27). The van der Waals surface area contributed by atoms with E-state index in [-0.39, 0.29) is 0 Å². The van der Waals surface area contributed by atoms with Gasteiger partial charge < -0.3 is 5.32 Å². The summed E-state index contributed by atoms with van der Waals surface area (Å²) in [6.07, 6.45) is 1.70. The summed E-state index contributed by atoms with van der Waals surface area (Å²) in [5.74, 6) is 0.472. The molecule has 0 spiro atoms. The van der Waals surface area contributed by atoms with Crippen LogP contribution in [0.4, 0.5) is 11.6 Å². The molecule has 4 rings (SSSR count). The molecule has 0 aliphatic rings. The van der Waals surface area contributed by atoms with Crippen molar-refractivity contribution >= 4 is 39.7 Å². The third-order valence-electron chi connectivity index (χ3n) is 4.26. The van der Waals surface area contributed by atoms with Gasteiger partial charge in [0.2, 0.25) is 5.95 Å². The molecule has 6 heteroatoms. The monoisotopic (exact) mass is 373 g/mol. The van der Waals surface area contributed by atoms with Crippen molar-refractivity contribution in [1.29, 1.82) is 0 Å². The molecule has 0 radical (unpaired) electrons. The van der Waals surface area contributed by atoms with Gasteiger partial charge in [-0.1, -0.05) is 66.2 Å². The Hall–Kier alpha value is -3.25. The fourth-order valence-electron chi connectivity index (χ4n) is 2.90. The minimum Gasteiger partial charge on any atom is -0.332 e. The summed E-state index contributed by atoms with van der Waals surface area (Å²) >= 11 is 5.42. The predicted octanol–water partition coefficient (Wildman–Crippen LogP) is 4.60. The largest absolute Gasteiger partial charge is 0.332 e. The third-order valence-corrected chi connectivity index (χ3v) is 4.47. The molecule has 27 heavy (non-hydrogen) atoms. The lowest BCUT2D eigenvalue weighted by molar-refractivity contribution is 0.687. The highest BCUT2D eigenvalue weighted by Gasteiger charge is 2.06. The first-order valence-electron chi connectivity index (χ1n) is 8.68. The van der Waals surface area contributed by atoms with Gasteiger partial charge in [0.1, 0.15) is 6.33 Å². The number of rotatable bonds is 4. The summed E-state index contributed by atoms with van der Waals surface area (Å²) in [7, 11) is 0. The summed E-state index contributed by atoms with van der Waals surface area (Å²) in [6, 6.07) is 22.6. The first-order chi connectivity index (χ1) is 13.2. The number of hydrogen-bond acceptors (Lipinski definition) is 3. The zero-order valence-electron chi connectivity index (χ0n) is 14.9. The number of nitrogens with zero attached hydrogens (tertiary/aromatic N) is 3. The van der Waals surface area contributed by atoms with E-state index in [4.69, 9.17) is 12.2 Å². The molecule has 1 heterocycles. The van der Waals surface area contributed by atoms with Crippen LogP contribution in [0.3, 0.4) is 0 Å². The fourth-order valence-corrected chi connectivity index (χ4v) is 3.10. The van der Waals surface area contributed by atoms with E-state index < -0.39 is 0 Å². The average molecular weight is 373 g/mol. The topological polar surface area (TPSA) is 54.8 Å². The summed E-state index contributed by atoms with van der Waals surface area (Å²) in [4.78, 5) is 4.29. The maximum atomic E-state index is 5.42. The molecule has 0 saturated heterocycles. The Balaban J connectivity index is 1.42. The second-order valence-electron chi connectivity index (χ2n) is 6.36. The molecule has 0 bridgehead atoms. The van der Waals surface area contributed by atoms with Gasteiger partial charge in [0.05, 0.1) is 6.54 Å². The Morgan fingerprint density at radius 3 is 2.59 bits per heavy atom. The average Bonchev–Trinajstić information content (AvgIpc) is 3.10. The van der Waals surface area contributed by atoms with Crippen LogP contribution in [0.2, 0.25) is 0 Å². The zero-order chi connectivity index (χ0) is 18.6. The fraction of sp³-hybridized carbons (Fsp3) is 0.0952. The quantitative estimate of drug-likeness (QED) is 0.512. The van der Waals surface area contributed by atoms with Gasteiger partial charge in [-0.25, -0.2) is 9.67 Å². The van der Waals surface area contributed by atoms with Crippen LogP contribution in [0.1, 0.15) is 11.1 Å². The molecule has 4 aromatic rings. The molecule has 0 unspecified atom stereocenters. The van der Waals surface area contributed by atoms with E-state index in [1.54, 1.807) is 11.0 Å². The van der Waals surface area contributed by atoms with Crippen LogP contribution >= 0.6 is 12.2 Å². The van der Waals surface area contributed by atoms with Crippen LogP contribution in [0.15, 0.2) is 73.1 Å².